The summed E-state index contributed by atoms with van der Waals surface area (Å²) in [6.07, 6.45) is 3.06. The van der Waals surface area contributed by atoms with Crippen molar-refractivity contribution in [2.75, 3.05) is 0 Å². The Hall–Kier alpha value is -3.68. The van der Waals surface area contributed by atoms with Crippen LogP contribution in [0.1, 0.15) is 35.8 Å². The van der Waals surface area contributed by atoms with Crippen LogP contribution in [0.15, 0.2) is 48.8 Å². The molecule has 8 N–H and O–H groups in total. The lowest BCUT2D eigenvalue weighted by Crippen LogP contribution is -2.71. The number of β-lactam (4-membered cyclic amide) rings is 1. The van der Waals surface area contributed by atoms with Crippen LogP contribution in [0.5, 0.6) is 5.75 Å². The first-order valence-corrected chi connectivity index (χ1v) is 11.3. The molecule has 0 saturated carbocycles. The number of carboxylic acid groups (broad SMARTS) is 1. The first-order chi connectivity index (χ1) is 16.5. The van der Waals surface area contributed by atoms with Crippen molar-refractivity contribution in [2.24, 2.45) is 11.6 Å². The highest BCUT2D eigenvalue weighted by atomic mass is 32.2. The molecule has 2 saturated heterocycles. The number of aromatic hydroxyl groups is 1. The predicted octanol–water partition coefficient (Wildman–Crippen LogP) is -0.291. The Morgan fingerprint density at radius 2 is 1.74 bits per heavy atom. The summed E-state index contributed by atoms with van der Waals surface area (Å²) >= 11 is 1.35. The monoisotopic (exact) mass is 502 g/mol. The summed E-state index contributed by atoms with van der Waals surface area (Å²) in [4.78, 5) is 52.0. The topological polar surface area (TPSA) is 201 Å². The summed E-state index contributed by atoms with van der Waals surface area (Å²) in [5.74, 6) is 2.64. The molecule has 0 spiro atoms. The minimum absolute atomic E-state index is 0.0606. The van der Waals surface area contributed by atoms with E-state index in [1.54, 1.807) is 26.0 Å². The zero-order valence-corrected chi connectivity index (χ0v) is 19.7. The predicted molar refractivity (Wildman–Crippen MR) is 127 cm³/mol. The Balaban J connectivity index is 0.000000287. The van der Waals surface area contributed by atoms with Gasteiger partial charge in [0, 0.05) is 22.7 Å². The van der Waals surface area contributed by atoms with Gasteiger partial charge in [0.15, 0.2) is 0 Å². The Morgan fingerprint density at radius 3 is 2.29 bits per heavy atom. The second kappa shape index (κ2) is 10.3. The van der Waals surface area contributed by atoms with Crippen molar-refractivity contribution in [3.05, 3.63) is 59.9 Å². The van der Waals surface area contributed by atoms with E-state index < -0.39 is 46.0 Å². The number of phenols is 1. The largest absolute Gasteiger partial charge is 0.508 e. The molecular weight excluding hydrogens is 476 g/mol. The first kappa shape index (κ1) is 25.9. The van der Waals surface area contributed by atoms with Crippen LogP contribution in [-0.4, -0.2) is 66.0 Å². The van der Waals surface area contributed by atoms with Crippen LogP contribution in [0.3, 0.4) is 0 Å². The van der Waals surface area contributed by atoms with E-state index in [-0.39, 0.29) is 11.7 Å². The van der Waals surface area contributed by atoms with E-state index in [2.05, 4.69) is 10.3 Å². The number of hydrogen-bond acceptors (Lipinski definition) is 9. The standard InChI is InChI=1S/C16H19N3O5S.C6H7N3O/c1-16(2)11(15(23)24)19-13(22)10(14(19)25-16)18-12(21)9(17)7-3-5-8(20)6-4-7;7-9-6(10)5-1-3-8-4-2-5/h3-6,9-11,14,20H,17H2,1-2H3,(H,18,21)(H,23,24);1-4H,7H2,(H,9,10)/t9-,10-,11+,14-;/m1./s1. The number of hydrazine groups is 1. The van der Waals surface area contributed by atoms with Crippen LogP contribution in [-0.2, 0) is 14.4 Å². The molecule has 1 aromatic carbocycles. The van der Waals surface area contributed by atoms with Crippen LogP contribution in [0.2, 0.25) is 0 Å². The summed E-state index contributed by atoms with van der Waals surface area (Å²) in [6.45, 7) is 3.53. The van der Waals surface area contributed by atoms with Gasteiger partial charge >= 0.3 is 5.97 Å². The molecule has 186 valence electrons. The summed E-state index contributed by atoms with van der Waals surface area (Å²) in [6, 6.07) is 6.38. The van der Waals surface area contributed by atoms with Crippen molar-refractivity contribution < 1.29 is 29.4 Å². The lowest BCUT2D eigenvalue weighted by Gasteiger charge is -2.43. The summed E-state index contributed by atoms with van der Waals surface area (Å²) in [5, 5.41) is 20.9. The molecule has 12 nitrogen and oxygen atoms in total. The molecule has 35 heavy (non-hydrogen) atoms. The fraction of sp³-hybridized carbons (Fsp3) is 0.318. The number of aromatic nitrogens is 1. The van der Waals surface area contributed by atoms with Gasteiger partial charge in [-0.3, -0.25) is 24.8 Å². The Morgan fingerprint density at radius 1 is 1.14 bits per heavy atom. The van der Waals surface area contributed by atoms with Gasteiger partial charge < -0.3 is 26.2 Å². The van der Waals surface area contributed by atoms with Gasteiger partial charge in [-0.25, -0.2) is 10.6 Å². The fourth-order valence-electron chi connectivity index (χ4n) is 3.81. The maximum Gasteiger partial charge on any atom is 0.327 e. The van der Waals surface area contributed by atoms with Crippen molar-refractivity contribution in [1.82, 2.24) is 20.6 Å². The fourth-order valence-corrected chi connectivity index (χ4v) is 5.43. The third-order valence-electron chi connectivity index (χ3n) is 5.58. The van der Waals surface area contributed by atoms with Crippen molar-refractivity contribution in [1.29, 1.82) is 0 Å². The van der Waals surface area contributed by atoms with Crippen LogP contribution in [0.25, 0.3) is 0 Å². The first-order valence-electron chi connectivity index (χ1n) is 10.5. The minimum atomic E-state index is -1.06. The number of nitrogen functional groups attached to an aromatic ring is 1. The van der Waals surface area contributed by atoms with Gasteiger partial charge in [-0.15, -0.1) is 11.8 Å². The molecule has 2 aliphatic rings. The molecule has 2 fully saturated rings. The molecule has 0 radical (unpaired) electrons. The van der Waals surface area contributed by atoms with E-state index in [9.17, 15) is 29.4 Å². The molecule has 0 aliphatic carbocycles. The maximum absolute atomic E-state index is 12.3. The second-order valence-corrected chi connectivity index (χ2v) is 10.1. The number of thioether (sulfide) groups is 1. The molecule has 3 heterocycles. The number of nitrogens with zero attached hydrogens (tertiary/aromatic N) is 2. The Kier molecular flexibility index (Phi) is 7.63. The third kappa shape index (κ3) is 5.37. The Labute approximate surface area is 205 Å². The number of hydrogen-bond donors (Lipinski definition) is 6. The van der Waals surface area contributed by atoms with E-state index >= 15 is 0 Å². The number of benzene rings is 1. The van der Waals surface area contributed by atoms with Gasteiger partial charge in [0.2, 0.25) is 11.8 Å². The highest BCUT2D eigenvalue weighted by molar-refractivity contribution is 8.01. The van der Waals surface area contributed by atoms with E-state index in [0.717, 1.165) is 0 Å². The molecule has 1 aromatic heterocycles. The smallest absolute Gasteiger partial charge is 0.327 e. The van der Waals surface area contributed by atoms with Gasteiger partial charge in [0.05, 0.1) is 0 Å². The van der Waals surface area contributed by atoms with Gasteiger partial charge in [-0.05, 0) is 43.7 Å². The normalized spacial score (nSPS) is 22.6. The average Bonchev–Trinajstić information content (AvgIpc) is 3.10. The van der Waals surface area contributed by atoms with Crippen molar-refractivity contribution >= 4 is 35.5 Å². The van der Waals surface area contributed by atoms with E-state index in [4.69, 9.17) is 11.6 Å². The summed E-state index contributed by atoms with van der Waals surface area (Å²) in [7, 11) is 0. The van der Waals surface area contributed by atoms with Crippen molar-refractivity contribution in [3.8, 4) is 5.75 Å². The highest BCUT2D eigenvalue weighted by Gasteiger charge is 2.64. The van der Waals surface area contributed by atoms with Crippen LogP contribution >= 0.6 is 11.8 Å². The maximum atomic E-state index is 12.3. The number of carbonyl (C=O) groups is 4. The number of nitrogens with two attached hydrogens (primary N) is 2. The van der Waals surface area contributed by atoms with Gasteiger partial charge in [0.25, 0.3) is 5.91 Å². The highest BCUT2D eigenvalue weighted by Crippen LogP contribution is 2.50. The van der Waals surface area contributed by atoms with Gasteiger partial charge in [-0.2, -0.15) is 0 Å². The van der Waals surface area contributed by atoms with E-state index in [1.165, 1.54) is 53.3 Å². The number of carbonyl (C=O) groups excluding carboxylic acids is 3. The van der Waals surface area contributed by atoms with Crippen LogP contribution < -0.4 is 22.3 Å². The molecule has 2 aliphatic heterocycles. The number of phenolic OH excluding ortho intramolecular Hbond substituents is 1. The second-order valence-electron chi connectivity index (χ2n) is 8.36. The molecule has 3 amide bonds. The van der Waals surface area contributed by atoms with Crippen molar-refractivity contribution in [2.45, 2.75) is 42.1 Å². The van der Waals surface area contributed by atoms with E-state index in [1.807, 2.05) is 5.43 Å². The number of nitrogens with one attached hydrogen (secondary N) is 2. The molecule has 0 bridgehead atoms. The number of fused-ring (bicyclic) bond motifs is 1. The van der Waals surface area contributed by atoms with Gasteiger partial charge in [0.1, 0.15) is 29.2 Å². The van der Waals surface area contributed by atoms with Gasteiger partial charge in [-0.1, -0.05) is 12.1 Å². The Bertz CT molecular complexity index is 1110. The van der Waals surface area contributed by atoms with Crippen LogP contribution in [0, 0.1) is 0 Å². The molecule has 4 atom stereocenters. The summed E-state index contributed by atoms with van der Waals surface area (Å²) < 4.78 is -0.648. The zero-order chi connectivity index (χ0) is 25.9. The number of amides is 3. The molecule has 13 heteroatoms. The number of pyridine rings is 1. The van der Waals surface area contributed by atoms with E-state index in [0.29, 0.717) is 11.1 Å². The molecule has 0 unspecified atom stereocenters. The lowest BCUT2D eigenvalue weighted by molar-refractivity contribution is -0.161. The van der Waals surface area contributed by atoms with Crippen molar-refractivity contribution in [3.63, 3.8) is 0 Å². The zero-order valence-electron chi connectivity index (χ0n) is 18.9. The molecule has 4 rings (SSSR count). The lowest BCUT2D eigenvalue weighted by atomic mass is 9.95. The number of carboxylic acids is 1. The van der Waals surface area contributed by atoms with Crippen LogP contribution in [0.4, 0.5) is 0 Å². The molecular formula is C22H26N6O6S. The number of aliphatic carboxylic acids is 1. The average molecular weight is 503 g/mol. The quantitative estimate of drug-likeness (QED) is 0.136. The SMILES string of the molecule is CC1(C)S[C@@H]2[C@H](NC(=O)[C@H](N)c3ccc(O)cc3)C(=O)N2[C@H]1C(=O)O.NNC(=O)c1ccncc1. The summed E-state index contributed by atoms with van der Waals surface area (Å²) in [5.41, 5.74) is 8.94. The third-order valence-corrected chi connectivity index (χ3v) is 7.15. The minimum Gasteiger partial charge on any atom is -0.508 e. The molecule has 2 aromatic rings. The number of rotatable bonds is 5.